The molecule has 2 aliphatic heterocycles. The molecule has 0 amide bonds. The fourth-order valence-electron chi connectivity index (χ4n) is 4.42. The predicted molar refractivity (Wildman–Crippen MR) is 125 cm³/mol. The molecule has 1 aromatic carbocycles. The first kappa shape index (κ1) is 22.3. The summed E-state index contributed by atoms with van der Waals surface area (Å²) >= 11 is 0. The molecule has 0 radical (unpaired) electrons. The number of anilines is 1. The molecule has 4 rings (SSSR count). The van der Waals surface area contributed by atoms with Gasteiger partial charge in [-0.15, -0.1) is 0 Å². The maximum Gasteiger partial charge on any atom is 0.344 e. The maximum atomic E-state index is 12.3. The number of benzene rings is 1. The Morgan fingerprint density at radius 2 is 1.81 bits per heavy atom. The van der Waals surface area contributed by atoms with Crippen LogP contribution in [0.3, 0.4) is 0 Å². The largest absolute Gasteiger partial charge is 0.493 e. The zero-order valence-corrected chi connectivity index (χ0v) is 19.7. The van der Waals surface area contributed by atoms with Gasteiger partial charge in [0.25, 0.3) is 0 Å². The molecule has 0 aliphatic carbocycles. The molecule has 0 spiro atoms. The van der Waals surface area contributed by atoms with E-state index in [0.717, 1.165) is 42.7 Å². The van der Waals surface area contributed by atoms with Gasteiger partial charge in [0, 0.05) is 37.3 Å². The summed E-state index contributed by atoms with van der Waals surface area (Å²) in [6.45, 7) is 5.93. The SMILES string of the molecule is COc1cc2ncnc(N3CCC(C(C)CN4C=CC(C)=NS4(=O)=O)CC3)c2cc1OC. The maximum absolute atomic E-state index is 12.3. The average molecular weight is 460 g/mol. The predicted octanol–water partition coefficient (Wildman–Crippen LogP) is 3.03. The van der Waals surface area contributed by atoms with Crippen molar-refractivity contribution in [3.8, 4) is 11.5 Å². The zero-order valence-electron chi connectivity index (χ0n) is 18.9. The molecule has 3 heterocycles. The first-order chi connectivity index (χ1) is 15.3. The van der Waals surface area contributed by atoms with Gasteiger partial charge in [-0.2, -0.15) is 12.8 Å². The summed E-state index contributed by atoms with van der Waals surface area (Å²) in [6, 6.07) is 3.79. The molecule has 2 aromatic rings. The third-order valence-corrected chi connectivity index (χ3v) is 7.65. The zero-order chi connectivity index (χ0) is 22.9. The smallest absolute Gasteiger partial charge is 0.344 e. The first-order valence-electron chi connectivity index (χ1n) is 10.7. The van der Waals surface area contributed by atoms with Gasteiger partial charge in [0.15, 0.2) is 11.5 Å². The average Bonchev–Trinajstić information content (AvgIpc) is 2.79. The van der Waals surface area contributed by atoms with Crippen molar-refractivity contribution >= 4 is 32.6 Å². The van der Waals surface area contributed by atoms with Crippen molar-refractivity contribution in [3.05, 3.63) is 30.7 Å². The van der Waals surface area contributed by atoms with E-state index in [4.69, 9.17) is 9.47 Å². The van der Waals surface area contributed by atoms with Crippen LogP contribution < -0.4 is 14.4 Å². The van der Waals surface area contributed by atoms with Crippen molar-refractivity contribution in [3.63, 3.8) is 0 Å². The van der Waals surface area contributed by atoms with Crippen LogP contribution in [0.5, 0.6) is 11.5 Å². The van der Waals surface area contributed by atoms with Crippen molar-refractivity contribution in [1.82, 2.24) is 14.3 Å². The first-order valence-corrected chi connectivity index (χ1v) is 12.1. The van der Waals surface area contributed by atoms with Crippen molar-refractivity contribution in [2.45, 2.75) is 26.7 Å². The van der Waals surface area contributed by atoms with E-state index >= 15 is 0 Å². The van der Waals surface area contributed by atoms with Gasteiger partial charge in [0.05, 0.1) is 25.4 Å². The van der Waals surface area contributed by atoms with E-state index in [1.54, 1.807) is 39.7 Å². The van der Waals surface area contributed by atoms with Gasteiger partial charge in [0.2, 0.25) is 0 Å². The highest BCUT2D eigenvalue weighted by atomic mass is 32.2. The van der Waals surface area contributed by atoms with Gasteiger partial charge in [0.1, 0.15) is 12.1 Å². The number of ether oxygens (including phenoxy) is 2. The molecular weight excluding hydrogens is 430 g/mol. The van der Waals surface area contributed by atoms with E-state index in [9.17, 15) is 8.42 Å². The highest BCUT2D eigenvalue weighted by Gasteiger charge is 2.30. The minimum atomic E-state index is -3.61. The molecule has 1 atom stereocenters. The number of piperidine rings is 1. The highest BCUT2D eigenvalue weighted by molar-refractivity contribution is 7.88. The van der Waals surface area contributed by atoms with Crippen LogP contribution in [0.25, 0.3) is 10.9 Å². The molecule has 1 fully saturated rings. The van der Waals surface area contributed by atoms with E-state index in [1.165, 1.54) is 4.31 Å². The number of aromatic nitrogens is 2. The van der Waals surface area contributed by atoms with Crippen LogP contribution in [0.1, 0.15) is 26.7 Å². The number of nitrogens with zero attached hydrogens (tertiary/aromatic N) is 5. The van der Waals surface area contributed by atoms with Crippen LogP contribution >= 0.6 is 0 Å². The van der Waals surface area contributed by atoms with E-state index in [2.05, 4.69) is 26.2 Å². The fourth-order valence-corrected chi connectivity index (χ4v) is 5.59. The summed E-state index contributed by atoms with van der Waals surface area (Å²) in [5, 5.41) is 0.925. The Labute approximate surface area is 188 Å². The second kappa shape index (κ2) is 8.93. The van der Waals surface area contributed by atoms with Crippen LogP contribution in [0, 0.1) is 11.8 Å². The summed E-state index contributed by atoms with van der Waals surface area (Å²) < 4.78 is 40.6. The molecule has 9 nitrogen and oxygen atoms in total. The molecule has 2 aliphatic rings. The molecule has 1 saturated heterocycles. The normalized spacial score (nSPS) is 19.7. The van der Waals surface area contributed by atoms with Gasteiger partial charge >= 0.3 is 10.2 Å². The summed E-state index contributed by atoms with van der Waals surface area (Å²) in [4.78, 5) is 11.2. The Morgan fingerprint density at radius 1 is 1.12 bits per heavy atom. The number of hydrogen-bond acceptors (Lipinski definition) is 7. The lowest BCUT2D eigenvalue weighted by atomic mass is 9.85. The monoisotopic (exact) mass is 459 g/mol. The van der Waals surface area contributed by atoms with Gasteiger partial charge in [-0.05, 0) is 43.7 Å². The number of rotatable bonds is 6. The van der Waals surface area contributed by atoms with Crippen molar-refractivity contribution in [2.24, 2.45) is 16.2 Å². The molecule has 0 bridgehead atoms. The second-order valence-corrected chi connectivity index (χ2v) is 9.87. The van der Waals surface area contributed by atoms with Crippen LogP contribution in [0.15, 0.2) is 35.1 Å². The van der Waals surface area contributed by atoms with Gasteiger partial charge < -0.3 is 14.4 Å². The Hall–Kier alpha value is -2.88. The van der Waals surface area contributed by atoms with E-state index in [1.807, 2.05) is 12.1 Å². The molecule has 10 heteroatoms. The van der Waals surface area contributed by atoms with Crippen LogP contribution in [0.4, 0.5) is 5.82 Å². The van der Waals surface area contributed by atoms with Gasteiger partial charge in [-0.1, -0.05) is 6.92 Å². The van der Waals surface area contributed by atoms with E-state index in [-0.39, 0.29) is 5.92 Å². The van der Waals surface area contributed by atoms with E-state index < -0.39 is 10.2 Å². The van der Waals surface area contributed by atoms with Crippen molar-refractivity contribution < 1.29 is 17.9 Å². The molecule has 172 valence electrons. The molecular formula is C22H29N5O4S. The summed E-state index contributed by atoms with van der Waals surface area (Å²) in [5.74, 6) is 2.81. The Balaban J connectivity index is 1.46. The standard InChI is InChI=1S/C22H29N5O4S/c1-15(13-27-10-5-16(2)25-32(27,28)29)17-6-8-26(9-7-17)22-18-11-20(30-3)21(31-4)12-19(18)23-14-24-22/h5,10-12,14-15,17H,6-9,13H2,1-4H3. The minimum absolute atomic E-state index is 0.219. The molecule has 32 heavy (non-hydrogen) atoms. The third kappa shape index (κ3) is 4.36. The number of hydrogen-bond donors (Lipinski definition) is 0. The number of methoxy groups -OCH3 is 2. The lowest BCUT2D eigenvalue weighted by Crippen LogP contribution is -2.39. The Morgan fingerprint density at radius 3 is 2.47 bits per heavy atom. The second-order valence-electron chi connectivity index (χ2n) is 8.32. The molecule has 1 aromatic heterocycles. The van der Waals surface area contributed by atoms with Crippen LogP contribution in [-0.4, -0.2) is 62.3 Å². The van der Waals surface area contributed by atoms with Crippen molar-refractivity contribution in [1.29, 1.82) is 0 Å². The van der Waals surface area contributed by atoms with Crippen molar-refractivity contribution in [2.75, 3.05) is 38.8 Å². The fraction of sp³-hybridized carbons (Fsp3) is 0.500. The quantitative estimate of drug-likeness (QED) is 0.655. The minimum Gasteiger partial charge on any atom is -0.493 e. The van der Waals surface area contributed by atoms with Crippen LogP contribution in [0.2, 0.25) is 0 Å². The topological polar surface area (TPSA) is 97.2 Å². The summed E-state index contributed by atoms with van der Waals surface area (Å²) in [7, 11) is -0.389. The third-order valence-electron chi connectivity index (χ3n) is 6.27. The number of allylic oxidation sites excluding steroid dienone is 1. The Bertz CT molecular complexity index is 1160. The number of fused-ring (bicyclic) bond motifs is 1. The summed E-state index contributed by atoms with van der Waals surface area (Å²) in [5.41, 5.74) is 1.31. The lowest BCUT2D eigenvalue weighted by molar-refractivity contribution is 0.263. The van der Waals surface area contributed by atoms with E-state index in [0.29, 0.717) is 29.7 Å². The molecule has 1 unspecified atom stereocenters. The lowest BCUT2D eigenvalue weighted by Gasteiger charge is -2.37. The molecule has 0 N–H and O–H groups in total. The highest BCUT2D eigenvalue weighted by Crippen LogP contribution is 2.36. The summed E-state index contributed by atoms with van der Waals surface area (Å²) in [6.07, 6.45) is 6.85. The van der Waals surface area contributed by atoms with Gasteiger partial charge in [-0.25, -0.2) is 9.97 Å². The Kier molecular flexibility index (Phi) is 6.23. The van der Waals surface area contributed by atoms with Crippen LogP contribution in [-0.2, 0) is 10.2 Å². The molecule has 0 saturated carbocycles. The van der Waals surface area contributed by atoms with Gasteiger partial charge in [-0.3, -0.25) is 4.31 Å².